The van der Waals surface area contributed by atoms with Crippen molar-refractivity contribution >= 4 is 6.21 Å². The Hall–Kier alpha value is -1.90. The lowest BCUT2D eigenvalue weighted by molar-refractivity contribution is 0.256. The van der Waals surface area contributed by atoms with Crippen molar-refractivity contribution in [3.05, 3.63) is 49.0 Å². The van der Waals surface area contributed by atoms with E-state index in [1.165, 1.54) is 0 Å². The first kappa shape index (κ1) is 13.5. The van der Waals surface area contributed by atoms with E-state index in [-0.39, 0.29) is 10.8 Å². The van der Waals surface area contributed by atoms with Crippen LogP contribution in [0.25, 0.3) is 0 Å². The first-order chi connectivity index (χ1) is 8.99. The molecule has 1 aromatic rings. The van der Waals surface area contributed by atoms with E-state index in [9.17, 15) is 0 Å². The quantitative estimate of drug-likeness (QED) is 0.774. The Morgan fingerprint density at radius 2 is 1.79 bits per heavy atom. The standard InChI is InChI=1S/C16H20N2O/c1-15(2)6-7-16(3,12-18-11-8-15)13-19-14-4-9-17-10-5-14/h4-12H,13H2,1-3H3/b7-6-,11-8-,18-12?. The zero-order valence-electron chi connectivity index (χ0n) is 11.7. The molecule has 3 heteroatoms. The van der Waals surface area contributed by atoms with Gasteiger partial charge in [-0.25, -0.2) is 0 Å². The number of pyridine rings is 1. The summed E-state index contributed by atoms with van der Waals surface area (Å²) in [5, 5.41) is 0. The number of hydrogen-bond donors (Lipinski definition) is 0. The predicted octanol–water partition coefficient (Wildman–Crippen LogP) is 3.65. The third-order valence-electron chi connectivity index (χ3n) is 3.05. The van der Waals surface area contributed by atoms with Gasteiger partial charge in [0.25, 0.3) is 0 Å². The van der Waals surface area contributed by atoms with Gasteiger partial charge in [0.05, 0.1) is 5.41 Å². The molecule has 0 spiro atoms. The minimum absolute atomic E-state index is 0.0235. The third kappa shape index (κ3) is 4.05. The average Bonchev–Trinajstić information content (AvgIpc) is 2.40. The molecule has 1 atom stereocenters. The van der Waals surface area contributed by atoms with E-state index in [2.05, 4.69) is 49.0 Å². The molecule has 0 amide bonds. The van der Waals surface area contributed by atoms with Crippen molar-refractivity contribution in [1.29, 1.82) is 0 Å². The molecule has 0 saturated heterocycles. The van der Waals surface area contributed by atoms with Crippen LogP contribution in [0.5, 0.6) is 5.75 Å². The van der Waals surface area contributed by atoms with Crippen molar-refractivity contribution in [1.82, 2.24) is 4.98 Å². The molecule has 0 fully saturated rings. The fourth-order valence-electron chi connectivity index (χ4n) is 1.71. The SMILES string of the molecule is CC1(C)/C=C\N=CC(C)(COc2ccncc2)/C=C\1. The van der Waals surface area contributed by atoms with Crippen LogP contribution < -0.4 is 4.74 Å². The Kier molecular flexibility index (Phi) is 3.84. The highest BCUT2D eigenvalue weighted by atomic mass is 16.5. The largest absolute Gasteiger partial charge is 0.492 e. The minimum Gasteiger partial charge on any atom is -0.492 e. The Labute approximate surface area is 114 Å². The summed E-state index contributed by atoms with van der Waals surface area (Å²) < 4.78 is 5.81. The van der Waals surface area contributed by atoms with Crippen molar-refractivity contribution < 1.29 is 4.74 Å². The van der Waals surface area contributed by atoms with Crippen molar-refractivity contribution in [2.75, 3.05) is 6.61 Å². The monoisotopic (exact) mass is 256 g/mol. The molecule has 100 valence electrons. The summed E-state index contributed by atoms with van der Waals surface area (Å²) in [5.41, 5.74) is -0.180. The van der Waals surface area contributed by atoms with Crippen LogP contribution in [0.1, 0.15) is 20.8 Å². The van der Waals surface area contributed by atoms with Crippen LogP contribution in [0.4, 0.5) is 0 Å². The number of aromatic nitrogens is 1. The van der Waals surface area contributed by atoms with E-state index in [1.54, 1.807) is 12.4 Å². The highest BCUT2D eigenvalue weighted by Gasteiger charge is 2.22. The highest BCUT2D eigenvalue weighted by molar-refractivity contribution is 5.69. The number of allylic oxidation sites excluding steroid dienone is 2. The Balaban J connectivity index is 2.10. The topological polar surface area (TPSA) is 34.5 Å². The minimum atomic E-state index is -0.203. The molecule has 2 heterocycles. The first-order valence-electron chi connectivity index (χ1n) is 6.44. The fraction of sp³-hybridized carbons (Fsp3) is 0.375. The van der Waals surface area contributed by atoms with E-state index in [4.69, 9.17) is 4.74 Å². The second kappa shape index (κ2) is 5.39. The molecule has 3 nitrogen and oxygen atoms in total. The molecular formula is C16H20N2O. The van der Waals surface area contributed by atoms with Crippen LogP contribution >= 0.6 is 0 Å². The molecule has 0 radical (unpaired) electrons. The molecule has 0 bridgehead atoms. The first-order valence-corrected chi connectivity index (χ1v) is 6.44. The van der Waals surface area contributed by atoms with Gasteiger partial charge < -0.3 is 4.74 Å². The maximum atomic E-state index is 5.81. The maximum Gasteiger partial charge on any atom is 0.122 e. The molecule has 1 unspecified atom stereocenters. The van der Waals surface area contributed by atoms with Gasteiger partial charge >= 0.3 is 0 Å². The predicted molar refractivity (Wildman–Crippen MR) is 78.4 cm³/mol. The summed E-state index contributed by atoms with van der Waals surface area (Å²) in [6.45, 7) is 6.99. The van der Waals surface area contributed by atoms with Crippen LogP contribution in [0.15, 0.2) is 53.9 Å². The lowest BCUT2D eigenvalue weighted by atomic mass is 9.85. The van der Waals surface area contributed by atoms with Gasteiger partial charge in [0, 0.05) is 30.2 Å². The van der Waals surface area contributed by atoms with Gasteiger partial charge in [-0.3, -0.25) is 9.98 Å². The number of ether oxygens (including phenoxy) is 1. The zero-order valence-corrected chi connectivity index (χ0v) is 11.7. The second-order valence-corrected chi connectivity index (χ2v) is 5.73. The summed E-state index contributed by atoms with van der Waals surface area (Å²) in [4.78, 5) is 8.32. The summed E-state index contributed by atoms with van der Waals surface area (Å²) in [6, 6.07) is 3.72. The van der Waals surface area contributed by atoms with E-state index >= 15 is 0 Å². The number of nitrogens with zero attached hydrogens (tertiary/aromatic N) is 2. The molecule has 1 aliphatic rings. The van der Waals surface area contributed by atoms with Crippen molar-refractivity contribution in [3.8, 4) is 5.75 Å². The lowest BCUT2D eigenvalue weighted by Crippen LogP contribution is -2.26. The van der Waals surface area contributed by atoms with Gasteiger partial charge in [-0.2, -0.15) is 0 Å². The number of aliphatic imine (C=N–C) groups is 1. The maximum absolute atomic E-state index is 5.81. The van der Waals surface area contributed by atoms with Crippen molar-refractivity contribution in [3.63, 3.8) is 0 Å². The molecule has 2 rings (SSSR count). The Bertz CT molecular complexity index is 503. The van der Waals surface area contributed by atoms with E-state index in [0.717, 1.165) is 5.75 Å². The average molecular weight is 256 g/mol. The van der Waals surface area contributed by atoms with E-state index in [1.807, 2.05) is 24.5 Å². The van der Waals surface area contributed by atoms with Gasteiger partial charge in [-0.15, -0.1) is 0 Å². The molecule has 0 aromatic carbocycles. The molecule has 0 N–H and O–H groups in total. The number of rotatable bonds is 3. The van der Waals surface area contributed by atoms with Gasteiger partial charge in [-0.1, -0.05) is 32.1 Å². The smallest absolute Gasteiger partial charge is 0.122 e. The Morgan fingerprint density at radius 3 is 2.53 bits per heavy atom. The van der Waals surface area contributed by atoms with E-state index in [0.29, 0.717) is 6.61 Å². The van der Waals surface area contributed by atoms with Gasteiger partial charge in [0.2, 0.25) is 0 Å². The van der Waals surface area contributed by atoms with Gasteiger partial charge in [0.15, 0.2) is 0 Å². The summed E-state index contributed by atoms with van der Waals surface area (Å²) in [5.74, 6) is 0.829. The summed E-state index contributed by atoms with van der Waals surface area (Å²) >= 11 is 0. The van der Waals surface area contributed by atoms with Crippen LogP contribution in [0.2, 0.25) is 0 Å². The second-order valence-electron chi connectivity index (χ2n) is 5.73. The molecule has 0 saturated carbocycles. The third-order valence-corrected chi connectivity index (χ3v) is 3.05. The van der Waals surface area contributed by atoms with Crippen LogP contribution in [-0.4, -0.2) is 17.8 Å². The van der Waals surface area contributed by atoms with Crippen molar-refractivity contribution in [2.24, 2.45) is 15.8 Å². The molecule has 1 aliphatic heterocycles. The molecule has 0 aliphatic carbocycles. The molecular weight excluding hydrogens is 236 g/mol. The number of hydrogen-bond acceptors (Lipinski definition) is 3. The lowest BCUT2D eigenvalue weighted by Gasteiger charge is -2.25. The normalized spacial score (nSPS) is 28.2. The summed E-state index contributed by atoms with van der Waals surface area (Å²) in [7, 11) is 0. The Morgan fingerprint density at radius 1 is 1.05 bits per heavy atom. The van der Waals surface area contributed by atoms with Gasteiger partial charge in [0.1, 0.15) is 12.4 Å². The van der Waals surface area contributed by atoms with Crippen molar-refractivity contribution in [2.45, 2.75) is 20.8 Å². The highest BCUT2D eigenvalue weighted by Crippen LogP contribution is 2.26. The zero-order chi connectivity index (χ0) is 13.8. The molecule has 1 aromatic heterocycles. The molecule has 19 heavy (non-hydrogen) atoms. The summed E-state index contributed by atoms with van der Waals surface area (Å²) in [6.07, 6.45) is 13.7. The van der Waals surface area contributed by atoms with E-state index < -0.39 is 0 Å². The van der Waals surface area contributed by atoms with Crippen LogP contribution in [0, 0.1) is 10.8 Å². The van der Waals surface area contributed by atoms with Crippen LogP contribution in [0.3, 0.4) is 0 Å². The fourth-order valence-corrected chi connectivity index (χ4v) is 1.71. The van der Waals surface area contributed by atoms with Crippen LogP contribution in [-0.2, 0) is 0 Å². The van der Waals surface area contributed by atoms with Gasteiger partial charge in [-0.05, 0) is 19.1 Å².